The van der Waals surface area contributed by atoms with Crippen LogP contribution in [0.15, 0.2) is 48.5 Å². The van der Waals surface area contributed by atoms with Gasteiger partial charge < -0.3 is 15.1 Å². The number of carbonyl (C=O) groups excluding carboxylic acids is 2. The number of hydrogen-bond donors (Lipinski definition) is 1. The summed E-state index contributed by atoms with van der Waals surface area (Å²) in [5.74, 6) is -0.521. The molecule has 28 heavy (non-hydrogen) atoms. The summed E-state index contributed by atoms with van der Waals surface area (Å²) < 4.78 is 13.0. The normalized spacial score (nSPS) is 14.6. The number of carbonyl (C=O) groups is 2. The average molecular weight is 383 g/mol. The second-order valence-corrected chi connectivity index (χ2v) is 7.35. The number of halogens is 1. The van der Waals surface area contributed by atoms with Gasteiger partial charge in [0.2, 0.25) is 5.91 Å². The number of benzene rings is 2. The van der Waals surface area contributed by atoms with E-state index < -0.39 is 0 Å². The molecule has 1 aliphatic rings. The standard InChI is InChI=1S/C22H26FN3O2/c1-25(2)20-9-3-16(4-10-20)15-24-21(27)17-11-13-26(14-12-17)22(28)18-5-7-19(23)8-6-18/h3-10,17H,11-15H2,1-2H3,(H,24,27). The van der Waals surface area contributed by atoms with Crippen LogP contribution in [0.4, 0.5) is 10.1 Å². The van der Waals surface area contributed by atoms with Crippen molar-refractivity contribution in [1.82, 2.24) is 10.2 Å². The molecule has 0 bridgehead atoms. The maximum atomic E-state index is 13.0. The molecule has 2 aromatic rings. The van der Waals surface area contributed by atoms with Gasteiger partial charge in [-0.2, -0.15) is 0 Å². The summed E-state index contributed by atoms with van der Waals surface area (Å²) in [4.78, 5) is 28.7. The van der Waals surface area contributed by atoms with Gasteiger partial charge in [0.1, 0.15) is 5.82 Å². The van der Waals surface area contributed by atoms with E-state index >= 15 is 0 Å². The molecule has 2 aromatic carbocycles. The van der Waals surface area contributed by atoms with Crippen LogP contribution in [-0.4, -0.2) is 43.9 Å². The zero-order valence-electron chi connectivity index (χ0n) is 16.3. The predicted octanol–water partition coefficient (Wildman–Crippen LogP) is 3.06. The SMILES string of the molecule is CN(C)c1ccc(CNC(=O)C2CCN(C(=O)c3ccc(F)cc3)CC2)cc1. The molecule has 0 aromatic heterocycles. The third-order valence-electron chi connectivity index (χ3n) is 5.16. The monoisotopic (exact) mass is 383 g/mol. The lowest BCUT2D eigenvalue weighted by molar-refractivity contribution is -0.126. The Balaban J connectivity index is 1.47. The van der Waals surface area contributed by atoms with Crippen LogP contribution in [0.25, 0.3) is 0 Å². The van der Waals surface area contributed by atoms with Crippen molar-refractivity contribution in [2.45, 2.75) is 19.4 Å². The van der Waals surface area contributed by atoms with Crippen LogP contribution >= 0.6 is 0 Å². The topological polar surface area (TPSA) is 52.7 Å². The Labute approximate surface area is 165 Å². The van der Waals surface area contributed by atoms with Crippen molar-refractivity contribution in [2.75, 3.05) is 32.1 Å². The molecule has 148 valence electrons. The van der Waals surface area contributed by atoms with E-state index in [1.165, 1.54) is 24.3 Å². The fourth-order valence-electron chi connectivity index (χ4n) is 3.37. The molecule has 6 heteroatoms. The van der Waals surface area contributed by atoms with Crippen molar-refractivity contribution in [3.63, 3.8) is 0 Å². The lowest BCUT2D eigenvalue weighted by Crippen LogP contribution is -2.42. The first-order chi connectivity index (χ1) is 13.4. The molecule has 0 radical (unpaired) electrons. The minimum Gasteiger partial charge on any atom is -0.378 e. The summed E-state index contributed by atoms with van der Waals surface area (Å²) in [5.41, 5.74) is 2.65. The summed E-state index contributed by atoms with van der Waals surface area (Å²) >= 11 is 0. The Morgan fingerprint density at radius 2 is 1.64 bits per heavy atom. The predicted molar refractivity (Wildman–Crippen MR) is 108 cm³/mol. The first-order valence-electron chi connectivity index (χ1n) is 9.53. The molecule has 0 saturated carbocycles. The largest absolute Gasteiger partial charge is 0.378 e. The number of hydrogen-bond acceptors (Lipinski definition) is 3. The van der Waals surface area contributed by atoms with Crippen LogP contribution in [0.1, 0.15) is 28.8 Å². The van der Waals surface area contributed by atoms with E-state index in [9.17, 15) is 14.0 Å². The van der Waals surface area contributed by atoms with Gasteiger partial charge in [0, 0.05) is 50.9 Å². The molecule has 0 atom stereocenters. The molecule has 5 nitrogen and oxygen atoms in total. The van der Waals surface area contributed by atoms with Crippen molar-refractivity contribution >= 4 is 17.5 Å². The van der Waals surface area contributed by atoms with Crippen LogP contribution < -0.4 is 10.2 Å². The van der Waals surface area contributed by atoms with Crippen LogP contribution in [0, 0.1) is 11.7 Å². The van der Waals surface area contributed by atoms with Gasteiger partial charge in [0.05, 0.1) is 0 Å². The van der Waals surface area contributed by atoms with Crippen molar-refractivity contribution in [1.29, 1.82) is 0 Å². The Kier molecular flexibility index (Phi) is 6.29. The van der Waals surface area contributed by atoms with Gasteiger partial charge in [-0.05, 0) is 54.8 Å². The van der Waals surface area contributed by atoms with E-state index in [1.54, 1.807) is 4.90 Å². The molecule has 1 aliphatic heterocycles. The van der Waals surface area contributed by atoms with Crippen LogP contribution in [-0.2, 0) is 11.3 Å². The van der Waals surface area contributed by atoms with E-state index in [0.29, 0.717) is 38.0 Å². The molecule has 1 saturated heterocycles. The fraction of sp³-hybridized carbons (Fsp3) is 0.364. The summed E-state index contributed by atoms with van der Waals surface area (Å²) in [6.45, 7) is 1.57. The summed E-state index contributed by atoms with van der Waals surface area (Å²) in [6.07, 6.45) is 1.27. The van der Waals surface area contributed by atoms with Crippen molar-refractivity contribution in [3.8, 4) is 0 Å². The maximum Gasteiger partial charge on any atom is 0.253 e. The second kappa shape index (κ2) is 8.87. The van der Waals surface area contributed by atoms with Gasteiger partial charge in [-0.15, -0.1) is 0 Å². The zero-order valence-corrected chi connectivity index (χ0v) is 16.3. The quantitative estimate of drug-likeness (QED) is 0.863. The van der Waals surface area contributed by atoms with Gasteiger partial charge in [-0.25, -0.2) is 4.39 Å². The highest BCUT2D eigenvalue weighted by Gasteiger charge is 2.27. The lowest BCUT2D eigenvalue weighted by Gasteiger charge is -2.31. The highest BCUT2D eigenvalue weighted by atomic mass is 19.1. The van der Waals surface area contributed by atoms with Gasteiger partial charge in [0.25, 0.3) is 5.91 Å². The van der Waals surface area contributed by atoms with Crippen molar-refractivity contribution < 1.29 is 14.0 Å². The molecule has 1 N–H and O–H groups in total. The number of anilines is 1. The van der Waals surface area contributed by atoms with E-state index in [4.69, 9.17) is 0 Å². The third kappa shape index (κ3) is 4.88. The highest BCUT2D eigenvalue weighted by molar-refractivity contribution is 5.94. The zero-order chi connectivity index (χ0) is 20.1. The van der Waals surface area contributed by atoms with E-state index in [0.717, 1.165) is 11.3 Å². The number of likely N-dealkylation sites (tertiary alicyclic amines) is 1. The van der Waals surface area contributed by atoms with Crippen molar-refractivity contribution in [2.24, 2.45) is 5.92 Å². The van der Waals surface area contributed by atoms with Crippen LogP contribution in [0.5, 0.6) is 0 Å². The van der Waals surface area contributed by atoms with Gasteiger partial charge in [0.15, 0.2) is 0 Å². The summed E-state index contributed by atoms with van der Waals surface area (Å²) in [7, 11) is 3.98. The number of piperidine rings is 1. The molecule has 0 unspecified atom stereocenters. The highest BCUT2D eigenvalue weighted by Crippen LogP contribution is 2.20. The molecule has 2 amide bonds. The molecule has 1 heterocycles. The Morgan fingerprint density at radius 3 is 2.21 bits per heavy atom. The number of amides is 2. The number of rotatable bonds is 5. The Bertz CT molecular complexity index is 811. The first kappa shape index (κ1) is 19.9. The van der Waals surface area contributed by atoms with E-state index in [2.05, 4.69) is 5.32 Å². The van der Waals surface area contributed by atoms with E-state index in [-0.39, 0.29) is 23.5 Å². The molecule has 3 rings (SSSR count). The molecule has 0 spiro atoms. The van der Waals surface area contributed by atoms with Crippen molar-refractivity contribution in [3.05, 3.63) is 65.5 Å². The maximum absolute atomic E-state index is 13.0. The number of nitrogens with one attached hydrogen (secondary N) is 1. The summed E-state index contributed by atoms with van der Waals surface area (Å²) in [6, 6.07) is 13.7. The molecule has 1 fully saturated rings. The number of nitrogens with zero attached hydrogens (tertiary/aromatic N) is 2. The second-order valence-electron chi connectivity index (χ2n) is 7.35. The minimum atomic E-state index is -0.358. The average Bonchev–Trinajstić information content (AvgIpc) is 2.72. The summed E-state index contributed by atoms with van der Waals surface area (Å²) in [5, 5.41) is 3.00. The van der Waals surface area contributed by atoms with Gasteiger partial charge >= 0.3 is 0 Å². The minimum absolute atomic E-state index is 0.0329. The fourth-order valence-corrected chi connectivity index (χ4v) is 3.37. The smallest absolute Gasteiger partial charge is 0.253 e. The first-order valence-corrected chi connectivity index (χ1v) is 9.53. The van der Waals surface area contributed by atoms with Crippen LogP contribution in [0.2, 0.25) is 0 Å². The Morgan fingerprint density at radius 1 is 1.04 bits per heavy atom. The lowest BCUT2D eigenvalue weighted by atomic mass is 9.95. The van der Waals surface area contributed by atoms with E-state index in [1.807, 2.05) is 43.3 Å². The van der Waals surface area contributed by atoms with Gasteiger partial charge in [-0.3, -0.25) is 9.59 Å². The van der Waals surface area contributed by atoms with Crippen LogP contribution in [0.3, 0.4) is 0 Å². The third-order valence-corrected chi connectivity index (χ3v) is 5.16. The van der Waals surface area contributed by atoms with Gasteiger partial charge in [-0.1, -0.05) is 12.1 Å². The molecular formula is C22H26FN3O2. The molecule has 0 aliphatic carbocycles. The Hall–Kier alpha value is -2.89. The molecular weight excluding hydrogens is 357 g/mol.